The van der Waals surface area contributed by atoms with E-state index in [0.29, 0.717) is 18.9 Å². The van der Waals surface area contributed by atoms with Crippen LogP contribution in [0.15, 0.2) is 12.1 Å². The number of halogens is 2. The first-order valence-electron chi connectivity index (χ1n) is 6.46. The number of benzene rings is 1. The van der Waals surface area contributed by atoms with Gasteiger partial charge in [-0.15, -0.1) is 0 Å². The van der Waals surface area contributed by atoms with Gasteiger partial charge in [-0.2, -0.15) is 0 Å². The molecule has 0 fully saturated rings. The summed E-state index contributed by atoms with van der Waals surface area (Å²) < 4.78 is 27.0. The molecule has 0 radical (unpaired) electrons. The van der Waals surface area contributed by atoms with Gasteiger partial charge in [0.1, 0.15) is 0 Å². The largest absolute Gasteiger partial charge is 0.329 e. The van der Waals surface area contributed by atoms with E-state index in [4.69, 9.17) is 5.73 Å². The molecule has 0 aromatic heterocycles. The number of hydrogen-bond acceptors (Lipinski definition) is 4. The van der Waals surface area contributed by atoms with E-state index < -0.39 is 39.3 Å². The smallest absolute Gasteiger partial charge is 0.296 e. The van der Waals surface area contributed by atoms with E-state index in [1.807, 2.05) is 0 Å². The summed E-state index contributed by atoms with van der Waals surface area (Å²) in [6.07, 6.45) is 0.743. The maximum absolute atomic E-state index is 13.8. The average molecular weight is 301 g/mol. The highest BCUT2D eigenvalue weighted by Gasteiger charge is 2.35. The lowest BCUT2D eigenvalue weighted by molar-refractivity contribution is -0.384. The Morgan fingerprint density at radius 3 is 2.38 bits per heavy atom. The first-order chi connectivity index (χ1) is 9.82. The van der Waals surface area contributed by atoms with Crippen molar-refractivity contribution in [2.45, 2.75) is 26.7 Å². The number of nitrogens with two attached hydrogens (primary N) is 1. The zero-order valence-corrected chi connectivity index (χ0v) is 11.8. The van der Waals surface area contributed by atoms with Gasteiger partial charge >= 0.3 is 0 Å². The molecule has 1 rings (SSSR count). The lowest BCUT2D eigenvalue weighted by Crippen LogP contribution is -2.41. The number of nitro benzene ring substituents is 1. The van der Waals surface area contributed by atoms with Gasteiger partial charge < -0.3 is 11.1 Å². The molecule has 0 saturated carbocycles. The minimum absolute atomic E-state index is 0.00341. The van der Waals surface area contributed by atoms with Crippen LogP contribution < -0.4 is 11.1 Å². The Labute approximate surface area is 120 Å². The van der Waals surface area contributed by atoms with Crippen LogP contribution in [0.2, 0.25) is 0 Å². The molecular weight excluding hydrogens is 284 g/mol. The fourth-order valence-electron chi connectivity index (χ4n) is 2.01. The number of rotatable bonds is 6. The highest BCUT2D eigenvalue weighted by molar-refractivity contribution is 5.97. The molecule has 1 aromatic rings. The Balaban J connectivity index is 3.27. The Morgan fingerprint density at radius 1 is 1.38 bits per heavy atom. The quantitative estimate of drug-likeness (QED) is 0.623. The van der Waals surface area contributed by atoms with E-state index >= 15 is 0 Å². The molecule has 1 amide bonds. The van der Waals surface area contributed by atoms with Crippen molar-refractivity contribution in [1.82, 2.24) is 0 Å². The molecule has 6 nitrogen and oxygen atoms in total. The fraction of sp³-hybridized carbons (Fsp3) is 0.462. The standard InChI is InChI=1S/C13H17F2N3O3/c1-3-13(4-2,7-16)12(19)17-11-9(18(20)21)6-5-8(14)10(11)15/h5-6H,3-4,7,16H2,1-2H3,(H,17,19). The van der Waals surface area contributed by atoms with Gasteiger partial charge in [0.05, 0.1) is 10.3 Å². The van der Waals surface area contributed by atoms with Gasteiger partial charge in [0.2, 0.25) is 5.91 Å². The highest BCUT2D eigenvalue weighted by Crippen LogP contribution is 2.32. The summed E-state index contributed by atoms with van der Waals surface area (Å²) in [5.74, 6) is -3.40. The SMILES string of the molecule is CCC(CC)(CN)C(=O)Nc1c([N+](=O)[O-])ccc(F)c1F. The van der Waals surface area contributed by atoms with Gasteiger partial charge in [-0.1, -0.05) is 13.8 Å². The zero-order chi connectivity index (χ0) is 16.2. The van der Waals surface area contributed by atoms with E-state index in [1.54, 1.807) is 13.8 Å². The topological polar surface area (TPSA) is 98.3 Å². The summed E-state index contributed by atoms with van der Waals surface area (Å²) in [6.45, 7) is 3.45. The molecule has 21 heavy (non-hydrogen) atoms. The van der Waals surface area contributed by atoms with E-state index in [2.05, 4.69) is 5.32 Å². The van der Waals surface area contributed by atoms with Crippen molar-refractivity contribution >= 4 is 17.3 Å². The summed E-state index contributed by atoms with van der Waals surface area (Å²) in [6, 6.07) is 1.44. The molecule has 8 heteroatoms. The van der Waals surface area contributed by atoms with Gasteiger partial charge in [-0.05, 0) is 18.9 Å². The Hall–Kier alpha value is -2.09. The summed E-state index contributed by atoms with van der Waals surface area (Å²) >= 11 is 0. The van der Waals surface area contributed by atoms with Crippen molar-refractivity contribution < 1.29 is 18.5 Å². The summed E-state index contributed by atoms with van der Waals surface area (Å²) in [7, 11) is 0. The minimum Gasteiger partial charge on any atom is -0.329 e. The predicted octanol–water partition coefficient (Wildman–Crippen LogP) is 2.58. The summed E-state index contributed by atoms with van der Waals surface area (Å²) in [5.41, 5.74) is 3.13. The normalized spacial score (nSPS) is 11.3. The van der Waals surface area contributed by atoms with Crippen LogP contribution in [0, 0.1) is 27.2 Å². The maximum atomic E-state index is 13.8. The van der Waals surface area contributed by atoms with Crippen molar-refractivity contribution in [3.05, 3.63) is 33.9 Å². The van der Waals surface area contributed by atoms with E-state index in [0.717, 1.165) is 6.07 Å². The Morgan fingerprint density at radius 2 is 1.95 bits per heavy atom. The van der Waals surface area contributed by atoms with E-state index in [9.17, 15) is 23.7 Å². The molecule has 0 aliphatic heterocycles. The van der Waals surface area contributed by atoms with Crippen LogP contribution in [0.5, 0.6) is 0 Å². The third-order valence-electron chi connectivity index (χ3n) is 3.73. The second kappa shape index (κ2) is 6.57. The van der Waals surface area contributed by atoms with E-state index in [-0.39, 0.29) is 6.54 Å². The van der Waals surface area contributed by atoms with Gasteiger partial charge in [0.15, 0.2) is 17.3 Å². The van der Waals surface area contributed by atoms with Crippen molar-refractivity contribution in [1.29, 1.82) is 0 Å². The average Bonchev–Trinajstić information content (AvgIpc) is 2.46. The molecular formula is C13H17F2N3O3. The number of nitrogens with zero attached hydrogens (tertiary/aromatic N) is 1. The number of carbonyl (C=O) groups is 1. The molecule has 0 spiro atoms. The summed E-state index contributed by atoms with van der Waals surface area (Å²) in [4.78, 5) is 22.2. The lowest BCUT2D eigenvalue weighted by Gasteiger charge is -2.28. The molecule has 0 aliphatic rings. The number of hydrogen-bond donors (Lipinski definition) is 2. The van der Waals surface area contributed by atoms with Crippen molar-refractivity contribution in [3.8, 4) is 0 Å². The molecule has 0 heterocycles. The second-order valence-electron chi connectivity index (χ2n) is 4.66. The molecule has 3 N–H and O–H groups in total. The number of carbonyl (C=O) groups excluding carboxylic acids is 1. The fourth-order valence-corrected chi connectivity index (χ4v) is 2.01. The van der Waals surface area contributed by atoms with Crippen molar-refractivity contribution in [2.24, 2.45) is 11.1 Å². The third-order valence-corrected chi connectivity index (χ3v) is 3.73. The minimum atomic E-state index is -1.46. The number of nitro groups is 1. The van der Waals surface area contributed by atoms with Gasteiger partial charge in [0.25, 0.3) is 5.69 Å². The van der Waals surface area contributed by atoms with Gasteiger partial charge in [-0.25, -0.2) is 8.78 Å². The van der Waals surface area contributed by atoms with Crippen LogP contribution in [-0.2, 0) is 4.79 Å². The first-order valence-corrected chi connectivity index (χ1v) is 6.46. The van der Waals surface area contributed by atoms with Gasteiger partial charge in [0, 0.05) is 12.6 Å². The van der Waals surface area contributed by atoms with Crippen LogP contribution in [0.3, 0.4) is 0 Å². The highest BCUT2D eigenvalue weighted by atomic mass is 19.2. The van der Waals surface area contributed by atoms with Crippen LogP contribution >= 0.6 is 0 Å². The Bertz CT molecular complexity index is 552. The molecule has 1 aromatic carbocycles. The number of amides is 1. The predicted molar refractivity (Wildman–Crippen MR) is 73.7 cm³/mol. The van der Waals surface area contributed by atoms with Gasteiger partial charge in [-0.3, -0.25) is 14.9 Å². The maximum Gasteiger partial charge on any atom is 0.296 e. The molecule has 0 bridgehead atoms. The first kappa shape index (κ1) is 17.0. The monoisotopic (exact) mass is 301 g/mol. The molecule has 0 atom stereocenters. The summed E-state index contributed by atoms with van der Waals surface area (Å²) in [5, 5.41) is 13.0. The molecule has 0 saturated heterocycles. The lowest BCUT2D eigenvalue weighted by atomic mass is 9.81. The number of nitrogens with one attached hydrogen (secondary N) is 1. The number of anilines is 1. The van der Waals surface area contributed by atoms with Crippen LogP contribution in [0.1, 0.15) is 26.7 Å². The van der Waals surface area contributed by atoms with Crippen LogP contribution in [0.25, 0.3) is 0 Å². The van der Waals surface area contributed by atoms with E-state index in [1.165, 1.54) is 0 Å². The Kier molecular flexibility index (Phi) is 5.31. The third kappa shape index (κ3) is 3.15. The molecule has 116 valence electrons. The molecule has 0 unspecified atom stereocenters. The van der Waals surface area contributed by atoms with Crippen molar-refractivity contribution in [2.75, 3.05) is 11.9 Å². The second-order valence-corrected chi connectivity index (χ2v) is 4.66. The van der Waals surface area contributed by atoms with Crippen LogP contribution in [0.4, 0.5) is 20.2 Å². The van der Waals surface area contributed by atoms with Crippen molar-refractivity contribution in [3.63, 3.8) is 0 Å². The zero-order valence-electron chi connectivity index (χ0n) is 11.8. The van der Waals surface area contributed by atoms with Crippen LogP contribution in [-0.4, -0.2) is 17.4 Å². The molecule has 0 aliphatic carbocycles.